The lowest BCUT2D eigenvalue weighted by Crippen LogP contribution is -2.42. The van der Waals surface area contributed by atoms with Gasteiger partial charge in [-0.1, -0.05) is 12.1 Å². The number of halogens is 1. The van der Waals surface area contributed by atoms with E-state index in [2.05, 4.69) is 21.2 Å². The molecule has 1 aromatic carbocycles. The van der Waals surface area contributed by atoms with E-state index in [1.165, 1.54) is 4.90 Å². The summed E-state index contributed by atoms with van der Waals surface area (Å²) in [4.78, 5) is 25.8. The molecule has 0 aliphatic rings. The smallest absolute Gasteiger partial charge is 0.255 e. The van der Waals surface area contributed by atoms with Gasteiger partial charge in [0.15, 0.2) is 0 Å². The fourth-order valence-corrected chi connectivity index (χ4v) is 2.29. The Morgan fingerprint density at radius 3 is 2.55 bits per heavy atom. The molecule has 4 nitrogen and oxygen atoms in total. The monoisotopic (exact) mass is 340 g/mol. The van der Waals surface area contributed by atoms with E-state index in [0.717, 1.165) is 10.0 Å². The van der Waals surface area contributed by atoms with Crippen molar-refractivity contribution in [1.82, 2.24) is 10.2 Å². The summed E-state index contributed by atoms with van der Waals surface area (Å²) >= 11 is 3.44. The van der Waals surface area contributed by atoms with Crippen molar-refractivity contribution >= 4 is 27.7 Å². The molecule has 20 heavy (non-hydrogen) atoms. The van der Waals surface area contributed by atoms with Gasteiger partial charge < -0.3 is 10.2 Å². The summed E-state index contributed by atoms with van der Waals surface area (Å²) in [5.41, 5.74) is 1.59. The van der Waals surface area contributed by atoms with E-state index in [9.17, 15) is 9.59 Å². The number of rotatable bonds is 5. The Labute approximate surface area is 128 Å². The van der Waals surface area contributed by atoms with Crippen LogP contribution < -0.4 is 5.32 Å². The summed E-state index contributed by atoms with van der Waals surface area (Å²) < 4.78 is 0.785. The summed E-state index contributed by atoms with van der Waals surface area (Å²) in [6.07, 6.45) is 0. The van der Waals surface area contributed by atoms with Gasteiger partial charge >= 0.3 is 0 Å². The van der Waals surface area contributed by atoms with Gasteiger partial charge in [-0.3, -0.25) is 9.59 Å². The third-order valence-corrected chi connectivity index (χ3v) is 3.93. The highest BCUT2D eigenvalue weighted by Crippen LogP contribution is 2.22. The maximum atomic E-state index is 12.5. The van der Waals surface area contributed by atoms with E-state index in [4.69, 9.17) is 0 Å². The zero-order valence-corrected chi connectivity index (χ0v) is 14.0. The first kappa shape index (κ1) is 16.7. The molecule has 0 radical (unpaired) electrons. The molecule has 0 saturated heterocycles. The first-order valence-electron chi connectivity index (χ1n) is 6.70. The minimum atomic E-state index is -0.140. The average Bonchev–Trinajstić information content (AvgIpc) is 2.37. The van der Waals surface area contributed by atoms with Crippen molar-refractivity contribution in [1.29, 1.82) is 0 Å². The highest BCUT2D eigenvalue weighted by atomic mass is 79.9. The highest BCUT2D eigenvalue weighted by Gasteiger charge is 2.20. The molecule has 0 bridgehead atoms. The summed E-state index contributed by atoms with van der Waals surface area (Å²) in [5.74, 6) is -0.277. The van der Waals surface area contributed by atoms with Crippen LogP contribution in [-0.4, -0.2) is 35.8 Å². The molecule has 0 saturated carbocycles. The van der Waals surface area contributed by atoms with Gasteiger partial charge in [-0.15, -0.1) is 0 Å². The van der Waals surface area contributed by atoms with Crippen LogP contribution in [0.5, 0.6) is 0 Å². The second kappa shape index (κ2) is 7.43. The Balaban J connectivity index is 2.87. The SMILES string of the molecule is CCN(CC(=O)NC(C)C)C(=O)c1cccc(C)c1Br. The molecule has 0 atom stereocenters. The summed E-state index contributed by atoms with van der Waals surface area (Å²) in [6, 6.07) is 5.61. The number of hydrogen-bond donors (Lipinski definition) is 1. The number of carbonyl (C=O) groups is 2. The van der Waals surface area contributed by atoms with Crippen LogP contribution >= 0.6 is 15.9 Å². The van der Waals surface area contributed by atoms with E-state index >= 15 is 0 Å². The van der Waals surface area contributed by atoms with Crippen molar-refractivity contribution in [3.05, 3.63) is 33.8 Å². The predicted octanol–water partition coefficient (Wildman–Crippen LogP) is 2.74. The lowest BCUT2D eigenvalue weighted by molar-refractivity contribution is -0.122. The lowest BCUT2D eigenvalue weighted by atomic mass is 10.1. The van der Waals surface area contributed by atoms with Crippen LogP contribution in [0.1, 0.15) is 36.7 Å². The van der Waals surface area contributed by atoms with Gasteiger partial charge in [-0.25, -0.2) is 0 Å². The van der Waals surface area contributed by atoms with E-state index in [1.54, 1.807) is 6.07 Å². The van der Waals surface area contributed by atoms with E-state index < -0.39 is 0 Å². The zero-order chi connectivity index (χ0) is 15.3. The number of nitrogens with zero attached hydrogens (tertiary/aromatic N) is 1. The van der Waals surface area contributed by atoms with Crippen LogP contribution in [0.2, 0.25) is 0 Å². The number of carbonyl (C=O) groups excluding carboxylic acids is 2. The van der Waals surface area contributed by atoms with Gasteiger partial charge in [0.2, 0.25) is 5.91 Å². The standard InChI is InChI=1S/C15H21BrN2O2/c1-5-18(9-13(19)17-10(2)3)15(20)12-8-6-7-11(4)14(12)16/h6-8,10H,5,9H2,1-4H3,(H,17,19). The molecule has 1 rings (SSSR count). The molecular weight excluding hydrogens is 320 g/mol. The van der Waals surface area contributed by atoms with Gasteiger partial charge in [0, 0.05) is 17.1 Å². The second-order valence-electron chi connectivity index (χ2n) is 4.98. The molecular formula is C15H21BrN2O2. The third-order valence-electron chi connectivity index (χ3n) is 2.88. The molecule has 0 unspecified atom stereocenters. The van der Waals surface area contributed by atoms with Gasteiger partial charge in [-0.05, 0) is 55.3 Å². The Morgan fingerprint density at radius 2 is 2.00 bits per heavy atom. The molecule has 1 N–H and O–H groups in total. The minimum Gasteiger partial charge on any atom is -0.352 e. The van der Waals surface area contributed by atoms with Crippen LogP contribution in [0.3, 0.4) is 0 Å². The minimum absolute atomic E-state index is 0.0713. The van der Waals surface area contributed by atoms with Gasteiger partial charge in [0.05, 0.1) is 12.1 Å². The molecule has 5 heteroatoms. The Hall–Kier alpha value is -1.36. The fourth-order valence-electron chi connectivity index (χ4n) is 1.85. The molecule has 110 valence electrons. The zero-order valence-electron chi connectivity index (χ0n) is 12.4. The summed E-state index contributed by atoms with van der Waals surface area (Å²) in [7, 11) is 0. The fraction of sp³-hybridized carbons (Fsp3) is 0.467. The largest absolute Gasteiger partial charge is 0.352 e. The van der Waals surface area contributed by atoms with Crippen LogP contribution in [0, 0.1) is 6.92 Å². The van der Waals surface area contributed by atoms with Crippen LogP contribution in [0.4, 0.5) is 0 Å². The summed E-state index contributed by atoms with van der Waals surface area (Å²) in [6.45, 7) is 8.16. The van der Waals surface area contributed by atoms with Crippen LogP contribution in [0.25, 0.3) is 0 Å². The molecule has 0 fully saturated rings. The number of aryl methyl sites for hydroxylation is 1. The molecule has 0 aromatic heterocycles. The summed E-state index contributed by atoms with van der Waals surface area (Å²) in [5, 5.41) is 2.80. The Morgan fingerprint density at radius 1 is 1.35 bits per heavy atom. The van der Waals surface area contributed by atoms with Gasteiger partial charge in [0.25, 0.3) is 5.91 Å². The van der Waals surface area contributed by atoms with Gasteiger partial charge in [0.1, 0.15) is 0 Å². The second-order valence-corrected chi connectivity index (χ2v) is 5.77. The lowest BCUT2D eigenvalue weighted by Gasteiger charge is -2.22. The Kier molecular flexibility index (Phi) is 6.20. The van der Waals surface area contributed by atoms with E-state index in [1.807, 2.05) is 39.8 Å². The van der Waals surface area contributed by atoms with Crippen molar-refractivity contribution in [3.63, 3.8) is 0 Å². The highest BCUT2D eigenvalue weighted by molar-refractivity contribution is 9.10. The molecule has 0 aliphatic heterocycles. The van der Waals surface area contributed by atoms with Crippen molar-refractivity contribution < 1.29 is 9.59 Å². The van der Waals surface area contributed by atoms with E-state index in [0.29, 0.717) is 12.1 Å². The van der Waals surface area contributed by atoms with Crippen LogP contribution in [0.15, 0.2) is 22.7 Å². The van der Waals surface area contributed by atoms with Crippen molar-refractivity contribution in [2.45, 2.75) is 33.7 Å². The molecule has 0 spiro atoms. The number of hydrogen-bond acceptors (Lipinski definition) is 2. The van der Waals surface area contributed by atoms with Crippen LogP contribution in [-0.2, 0) is 4.79 Å². The van der Waals surface area contributed by atoms with Crippen molar-refractivity contribution in [2.75, 3.05) is 13.1 Å². The molecule has 0 aliphatic carbocycles. The number of likely N-dealkylation sites (N-methyl/N-ethyl adjacent to an activating group) is 1. The number of nitrogens with one attached hydrogen (secondary N) is 1. The number of amides is 2. The maximum absolute atomic E-state index is 12.5. The normalized spacial score (nSPS) is 10.5. The Bertz CT molecular complexity index is 501. The quantitative estimate of drug-likeness (QED) is 0.895. The maximum Gasteiger partial charge on any atom is 0.255 e. The first-order chi connectivity index (χ1) is 9.36. The van der Waals surface area contributed by atoms with Crippen molar-refractivity contribution in [3.8, 4) is 0 Å². The van der Waals surface area contributed by atoms with Crippen molar-refractivity contribution in [2.24, 2.45) is 0 Å². The average molecular weight is 341 g/mol. The van der Waals surface area contributed by atoms with Gasteiger partial charge in [-0.2, -0.15) is 0 Å². The molecule has 2 amide bonds. The van der Waals surface area contributed by atoms with E-state index in [-0.39, 0.29) is 24.4 Å². The topological polar surface area (TPSA) is 49.4 Å². The third kappa shape index (κ3) is 4.34. The molecule has 0 heterocycles. The predicted molar refractivity (Wildman–Crippen MR) is 83.7 cm³/mol. The first-order valence-corrected chi connectivity index (χ1v) is 7.49. The number of benzene rings is 1. The molecule has 1 aromatic rings.